The molecule has 4 nitrogen and oxygen atoms in total. The van der Waals surface area contributed by atoms with Gasteiger partial charge >= 0.3 is 0 Å². The van der Waals surface area contributed by atoms with E-state index in [0.717, 1.165) is 23.4 Å². The fourth-order valence-electron chi connectivity index (χ4n) is 2.00. The molecular formula is C13H20N4. The zero-order valence-electron chi connectivity index (χ0n) is 10.9. The summed E-state index contributed by atoms with van der Waals surface area (Å²) in [7, 11) is 0. The Hall–Kier alpha value is -1.42. The van der Waals surface area contributed by atoms with Crippen LogP contribution in [0.25, 0.3) is 11.0 Å². The fourth-order valence-corrected chi connectivity index (χ4v) is 2.00. The summed E-state index contributed by atoms with van der Waals surface area (Å²) in [6, 6.07) is 2.06. The molecule has 17 heavy (non-hydrogen) atoms. The molecule has 0 fully saturated rings. The van der Waals surface area contributed by atoms with Crippen molar-refractivity contribution in [3.05, 3.63) is 24.3 Å². The Morgan fingerprint density at radius 1 is 1.47 bits per heavy atom. The largest absolute Gasteiger partial charge is 0.328 e. The van der Waals surface area contributed by atoms with Crippen molar-refractivity contribution in [2.45, 2.75) is 45.7 Å². The third-order valence-electron chi connectivity index (χ3n) is 3.58. The molecule has 2 heterocycles. The minimum absolute atomic E-state index is 0.0533. The SMILES string of the molecule is CCn1c(C(C)(C)C(C)N)nc2cnccc21. The van der Waals surface area contributed by atoms with Crippen LogP contribution in [0.4, 0.5) is 0 Å². The number of fused-ring (bicyclic) bond motifs is 1. The number of rotatable bonds is 3. The van der Waals surface area contributed by atoms with Crippen LogP contribution in [-0.4, -0.2) is 20.6 Å². The predicted molar refractivity (Wildman–Crippen MR) is 69.9 cm³/mol. The number of nitrogens with zero attached hydrogens (tertiary/aromatic N) is 3. The first-order valence-electron chi connectivity index (χ1n) is 6.04. The quantitative estimate of drug-likeness (QED) is 0.881. The Balaban J connectivity index is 2.69. The maximum Gasteiger partial charge on any atom is 0.117 e. The summed E-state index contributed by atoms with van der Waals surface area (Å²) in [5.74, 6) is 1.04. The minimum atomic E-state index is -0.144. The molecule has 0 radical (unpaired) electrons. The molecule has 1 atom stereocenters. The van der Waals surface area contributed by atoms with Gasteiger partial charge in [0.25, 0.3) is 0 Å². The molecule has 0 saturated carbocycles. The van der Waals surface area contributed by atoms with Gasteiger partial charge in [0, 0.05) is 24.2 Å². The van der Waals surface area contributed by atoms with Crippen molar-refractivity contribution in [1.82, 2.24) is 14.5 Å². The lowest BCUT2D eigenvalue weighted by atomic mass is 9.85. The van der Waals surface area contributed by atoms with Crippen LogP contribution in [-0.2, 0) is 12.0 Å². The van der Waals surface area contributed by atoms with Gasteiger partial charge < -0.3 is 10.3 Å². The Morgan fingerprint density at radius 2 is 2.18 bits per heavy atom. The van der Waals surface area contributed by atoms with Gasteiger partial charge in [-0.15, -0.1) is 0 Å². The topological polar surface area (TPSA) is 56.7 Å². The van der Waals surface area contributed by atoms with E-state index in [1.165, 1.54) is 0 Å². The molecule has 0 bridgehead atoms. The summed E-state index contributed by atoms with van der Waals surface area (Å²) >= 11 is 0. The highest BCUT2D eigenvalue weighted by Gasteiger charge is 2.31. The molecule has 0 aliphatic rings. The highest BCUT2D eigenvalue weighted by molar-refractivity contribution is 5.75. The van der Waals surface area contributed by atoms with E-state index in [4.69, 9.17) is 10.7 Å². The zero-order chi connectivity index (χ0) is 12.6. The van der Waals surface area contributed by atoms with Crippen molar-refractivity contribution >= 4 is 11.0 Å². The lowest BCUT2D eigenvalue weighted by Gasteiger charge is -2.28. The Kier molecular flexibility index (Phi) is 2.91. The normalized spacial score (nSPS) is 14.2. The van der Waals surface area contributed by atoms with E-state index in [2.05, 4.69) is 30.3 Å². The van der Waals surface area contributed by atoms with Gasteiger partial charge in [0.15, 0.2) is 0 Å². The molecule has 2 rings (SSSR count). The number of nitrogens with two attached hydrogens (primary N) is 1. The molecular weight excluding hydrogens is 212 g/mol. The van der Waals surface area contributed by atoms with E-state index < -0.39 is 0 Å². The third-order valence-corrected chi connectivity index (χ3v) is 3.58. The summed E-state index contributed by atoms with van der Waals surface area (Å²) in [5.41, 5.74) is 8.01. The summed E-state index contributed by atoms with van der Waals surface area (Å²) < 4.78 is 2.22. The van der Waals surface area contributed by atoms with Gasteiger partial charge in [-0.25, -0.2) is 4.98 Å². The second kappa shape index (κ2) is 4.11. The van der Waals surface area contributed by atoms with Gasteiger partial charge in [0.2, 0.25) is 0 Å². The van der Waals surface area contributed by atoms with Crippen LogP contribution in [0, 0.1) is 0 Å². The Morgan fingerprint density at radius 3 is 2.76 bits per heavy atom. The van der Waals surface area contributed by atoms with Crippen molar-refractivity contribution in [2.24, 2.45) is 5.73 Å². The maximum absolute atomic E-state index is 6.08. The monoisotopic (exact) mass is 232 g/mol. The lowest BCUT2D eigenvalue weighted by Crippen LogP contribution is -2.40. The van der Waals surface area contributed by atoms with Crippen LogP contribution in [0.5, 0.6) is 0 Å². The van der Waals surface area contributed by atoms with Gasteiger partial charge in [0.05, 0.1) is 11.7 Å². The maximum atomic E-state index is 6.08. The first kappa shape index (κ1) is 12.0. The van der Waals surface area contributed by atoms with E-state index in [1.54, 1.807) is 6.20 Å². The molecule has 0 spiro atoms. The standard InChI is InChI=1S/C13H20N4/c1-5-17-11-6-7-15-8-10(11)16-12(17)13(3,4)9(2)14/h6-9H,5,14H2,1-4H3. The van der Waals surface area contributed by atoms with Crippen LogP contribution in [0.3, 0.4) is 0 Å². The highest BCUT2D eigenvalue weighted by Crippen LogP contribution is 2.28. The summed E-state index contributed by atoms with van der Waals surface area (Å²) in [6.45, 7) is 9.32. The van der Waals surface area contributed by atoms with Crippen LogP contribution in [0.1, 0.15) is 33.5 Å². The van der Waals surface area contributed by atoms with E-state index in [0.29, 0.717) is 0 Å². The third kappa shape index (κ3) is 1.82. The molecule has 0 saturated heterocycles. The number of aryl methyl sites for hydroxylation is 1. The van der Waals surface area contributed by atoms with Crippen molar-refractivity contribution in [3.8, 4) is 0 Å². The first-order chi connectivity index (χ1) is 7.98. The zero-order valence-corrected chi connectivity index (χ0v) is 10.9. The Labute approximate surface area is 102 Å². The Bertz CT molecular complexity index is 525. The number of hydrogen-bond donors (Lipinski definition) is 1. The molecule has 2 aromatic heterocycles. The highest BCUT2D eigenvalue weighted by atomic mass is 15.1. The molecule has 2 N–H and O–H groups in total. The molecule has 2 aromatic rings. The molecule has 1 unspecified atom stereocenters. The molecule has 0 aliphatic heterocycles. The second-order valence-corrected chi connectivity index (χ2v) is 5.05. The predicted octanol–water partition coefficient (Wildman–Crippen LogP) is 2.08. The van der Waals surface area contributed by atoms with Crippen LogP contribution in [0.15, 0.2) is 18.5 Å². The summed E-state index contributed by atoms with van der Waals surface area (Å²) in [6.07, 6.45) is 3.61. The van der Waals surface area contributed by atoms with Crippen molar-refractivity contribution in [1.29, 1.82) is 0 Å². The van der Waals surface area contributed by atoms with Gasteiger partial charge in [0.1, 0.15) is 11.3 Å². The lowest BCUT2D eigenvalue weighted by molar-refractivity contribution is 0.394. The molecule has 0 aromatic carbocycles. The van der Waals surface area contributed by atoms with Crippen molar-refractivity contribution in [2.75, 3.05) is 0 Å². The molecule has 4 heteroatoms. The van der Waals surface area contributed by atoms with E-state index >= 15 is 0 Å². The van der Waals surface area contributed by atoms with E-state index in [-0.39, 0.29) is 11.5 Å². The number of imidazole rings is 1. The smallest absolute Gasteiger partial charge is 0.117 e. The fraction of sp³-hybridized carbons (Fsp3) is 0.538. The van der Waals surface area contributed by atoms with Gasteiger partial charge in [-0.05, 0) is 19.9 Å². The summed E-state index contributed by atoms with van der Waals surface area (Å²) in [4.78, 5) is 8.82. The molecule has 92 valence electrons. The number of aromatic nitrogens is 3. The number of hydrogen-bond acceptors (Lipinski definition) is 3. The van der Waals surface area contributed by atoms with Crippen molar-refractivity contribution in [3.63, 3.8) is 0 Å². The van der Waals surface area contributed by atoms with Gasteiger partial charge in [-0.2, -0.15) is 0 Å². The first-order valence-corrected chi connectivity index (χ1v) is 6.04. The minimum Gasteiger partial charge on any atom is -0.328 e. The van der Waals surface area contributed by atoms with Gasteiger partial charge in [-0.3, -0.25) is 4.98 Å². The van der Waals surface area contributed by atoms with E-state index in [9.17, 15) is 0 Å². The van der Waals surface area contributed by atoms with E-state index in [1.807, 2.05) is 19.2 Å². The summed E-state index contributed by atoms with van der Waals surface area (Å²) in [5, 5.41) is 0. The molecule has 0 amide bonds. The average Bonchev–Trinajstić information content (AvgIpc) is 2.67. The second-order valence-electron chi connectivity index (χ2n) is 5.05. The number of pyridine rings is 1. The molecule has 0 aliphatic carbocycles. The van der Waals surface area contributed by atoms with Crippen LogP contribution in [0.2, 0.25) is 0 Å². The van der Waals surface area contributed by atoms with Crippen LogP contribution >= 0.6 is 0 Å². The van der Waals surface area contributed by atoms with Crippen molar-refractivity contribution < 1.29 is 0 Å². The average molecular weight is 232 g/mol. The van der Waals surface area contributed by atoms with Gasteiger partial charge in [-0.1, -0.05) is 13.8 Å². The van der Waals surface area contributed by atoms with Crippen LogP contribution < -0.4 is 5.73 Å².